The lowest BCUT2D eigenvalue weighted by Gasteiger charge is -2.08. The molecule has 1 aliphatic heterocycles. The van der Waals surface area contributed by atoms with Crippen LogP contribution in [0.4, 0.5) is 0 Å². The topological polar surface area (TPSA) is 54.0 Å². The molecule has 2 heterocycles. The van der Waals surface area contributed by atoms with Crippen LogP contribution in [0.2, 0.25) is 0 Å². The van der Waals surface area contributed by atoms with Crippen molar-refractivity contribution < 1.29 is 4.79 Å². The van der Waals surface area contributed by atoms with Gasteiger partial charge < -0.3 is 5.32 Å². The third-order valence-electron chi connectivity index (χ3n) is 1.96. The number of aromatic nitrogens is 1. The van der Waals surface area contributed by atoms with Crippen molar-refractivity contribution in [3.05, 3.63) is 16.6 Å². The van der Waals surface area contributed by atoms with Gasteiger partial charge in [-0.3, -0.25) is 10.1 Å². The summed E-state index contributed by atoms with van der Waals surface area (Å²) in [6, 6.07) is -0.0290. The Labute approximate surface area is 103 Å². The molecular formula is C8H12ClN3OS2. The second-order valence-electron chi connectivity index (χ2n) is 2.97. The Balaban J connectivity index is 0.00000112. The smallest absolute Gasteiger partial charge is 0.238 e. The first kappa shape index (κ1) is 12.8. The summed E-state index contributed by atoms with van der Waals surface area (Å²) in [4.78, 5) is 15.6. The van der Waals surface area contributed by atoms with Crippen LogP contribution < -0.4 is 10.6 Å². The normalized spacial score (nSPS) is 19.6. The first-order chi connectivity index (χ1) is 6.86. The van der Waals surface area contributed by atoms with Crippen LogP contribution >= 0.6 is 35.5 Å². The number of hydrogen-bond donors (Lipinski definition) is 2. The molecule has 1 unspecified atom stereocenters. The average Bonchev–Trinajstić information content (AvgIpc) is 2.87. The number of thioether (sulfide) groups is 1. The number of amides is 1. The molecule has 84 valence electrons. The van der Waals surface area contributed by atoms with Crippen molar-refractivity contribution in [3.63, 3.8) is 0 Å². The highest BCUT2D eigenvalue weighted by molar-refractivity contribution is 7.99. The molecule has 0 saturated carbocycles. The van der Waals surface area contributed by atoms with Crippen LogP contribution in [-0.4, -0.2) is 28.6 Å². The number of nitrogens with zero attached hydrogens (tertiary/aromatic N) is 1. The van der Waals surface area contributed by atoms with E-state index >= 15 is 0 Å². The molecule has 2 rings (SSSR count). The first-order valence-corrected chi connectivity index (χ1v) is 6.42. The Bertz CT molecular complexity index is 301. The summed E-state index contributed by atoms with van der Waals surface area (Å²) in [5.41, 5.74) is 2.69. The van der Waals surface area contributed by atoms with E-state index in [1.165, 1.54) is 0 Å². The summed E-state index contributed by atoms with van der Waals surface area (Å²) in [7, 11) is 0. The van der Waals surface area contributed by atoms with Crippen molar-refractivity contribution in [2.45, 2.75) is 12.6 Å². The van der Waals surface area contributed by atoms with Gasteiger partial charge in [-0.25, -0.2) is 4.98 Å². The van der Waals surface area contributed by atoms with Crippen LogP contribution in [0.15, 0.2) is 10.9 Å². The minimum Gasteiger partial charge on any atom is -0.349 e. The van der Waals surface area contributed by atoms with E-state index < -0.39 is 0 Å². The highest BCUT2D eigenvalue weighted by Gasteiger charge is 2.21. The first-order valence-electron chi connectivity index (χ1n) is 4.32. The lowest BCUT2D eigenvalue weighted by atomic mass is 10.3. The van der Waals surface area contributed by atoms with Crippen LogP contribution in [-0.2, 0) is 11.3 Å². The minimum absolute atomic E-state index is 0. The van der Waals surface area contributed by atoms with Crippen LogP contribution in [0.5, 0.6) is 0 Å². The summed E-state index contributed by atoms with van der Waals surface area (Å²) in [6.45, 7) is 0.533. The second-order valence-corrected chi connectivity index (χ2v) is 4.72. The zero-order valence-corrected chi connectivity index (χ0v) is 10.4. The maximum Gasteiger partial charge on any atom is 0.238 e. The molecule has 1 atom stereocenters. The molecule has 1 fully saturated rings. The SMILES string of the molecule is Cl.O=C(NCc1cscn1)C1CSCN1. The van der Waals surface area contributed by atoms with Crippen LogP contribution in [0.25, 0.3) is 0 Å². The molecule has 1 aliphatic rings. The van der Waals surface area contributed by atoms with Crippen molar-refractivity contribution in [1.29, 1.82) is 0 Å². The van der Waals surface area contributed by atoms with Crippen molar-refractivity contribution in [2.24, 2.45) is 0 Å². The molecule has 1 saturated heterocycles. The molecule has 1 aromatic rings. The summed E-state index contributed by atoms with van der Waals surface area (Å²) in [6.07, 6.45) is 0. The summed E-state index contributed by atoms with van der Waals surface area (Å²) in [5, 5.41) is 7.92. The zero-order chi connectivity index (χ0) is 9.80. The largest absolute Gasteiger partial charge is 0.349 e. The Morgan fingerprint density at radius 2 is 2.60 bits per heavy atom. The van der Waals surface area contributed by atoms with Crippen LogP contribution in [0, 0.1) is 0 Å². The second kappa shape index (κ2) is 6.32. The highest BCUT2D eigenvalue weighted by Crippen LogP contribution is 2.09. The van der Waals surface area contributed by atoms with Gasteiger partial charge in [-0.15, -0.1) is 35.5 Å². The van der Waals surface area contributed by atoms with E-state index in [4.69, 9.17) is 0 Å². The molecule has 0 bridgehead atoms. The van der Waals surface area contributed by atoms with E-state index in [1.807, 2.05) is 5.38 Å². The van der Waals surface area contributed by atoms with E-state index in [0.29, 0.717) is 6.54 Å². The monoisotopic (exact) mass is 265 g/mol. The Hall–Kier alpha value is -0.300. The fourth-order valence-electron chi connectivity index (χ4n) is 1.19. The molecule has 0 aromatic carbocycles. The Morgan fingerprint density at radius 3 is 3.20 bits per heavy atom. The number of carbonyl (C=O) groups excluding carboxylic acids is 1. The summed E-state index contributed by atoms with van der Waals surface area (Å²) < 4.78 is 0. The third-order valence-corrected chi connectivity index (χ3v) is 3.54. The number of rotatable bonds is 3. The molecule has 1 amide bonds. The summed E-state index contributed by atoms with van der Waals surface area (Å²) in [5.74, 6) is 1.81. The van der Waals surface area contributed by atoms with Crippen molar-refractivity contribution in [2.75, 3.05) is 11.6 Å². The number of halogens is 1. The van der Waals surface area contributed by atoms with Gasteiger partial charge in [-0.2, -0.15) is 0 Å². The molecular weight excluding hydrogens is 254 g/mol. The Kier molecular flexibility index (Phi) is 5.38. The maximum atomic E-state index is 11.5. The molecule has 7 heteroatoms. The van der Waals surface area contributed by atoms with Gasteiger partial charge in [-0.05, 0) is 0 Å². The highest BCUT2D eigenvalue weighted by atomic mass is 35.5. The van der Waals surface area contributed by atoms with Crippen LogP contribution in [0.3, 0.4) is 0 Å². The van der Waals surface area contributed by atoms with E-state index in [0.717, 1.165) is 17.3 Å². The summed E-state index contributed by atoms with van der Waals surface area (Å²) >= 11 is 3.29. The van der Waals surface area contributed by atoms with Gasteiger partial charge in [0.1, 0.15) is 0 Å². The number of hydrogen-bond acceptors (Lipinski definition) is 5. The predicted octanol–water partition coefficient (Wildman–Crippen LogP) is 0.844. The van der Waals surface area contributed by atoms with E-state index in [2.05, 4.69) is 15.6 Å². The fourth-order valence-corrected chi connectivity index (χ4v) is 2.69. The molecule has 0 radical (unpaired) electrons. The molecule has 0 spiro atoms. The van der Waals surface area contributed by atoms with Crippen molar-refractivity contribution in [3.8, 4) is 0 Å². The lowest BCUT2D eigenvalue weighted by molar-refractivity contribution is -0.122. The molecule has 1 aromatic heterocycles. The van der Waals surface area contributed by atoms with Crippen molar-refractivity contribution >= 4 is 41.4 Å². The number of carbonyl (C=O) groups is 1. The average molecular weight is 266 g/mol. The van der Waals surface area contributed by atoms with Gasteiger partial charge in [0.05, 0.1) is 23.8 Å². The Morgan fingerprint density at radius 1 is 1.73 bits per heavy atom. The maximum absolute atomic E-state index is 11.5. The van der Waals surface area contributed by atoms with Gasteiger partial charge >= 0.3 is 0 Å². The zero-order valence-electron chi connectivity index (χ0n) is 7.93. The molecule has 2 N–H and O–H groups in total. The fraction of sp³-hybridized carbons (Fsp3) is 0.500. The number of thiazole rings is 1. The molecule has 15 heavy (non-hydrogen) atoms. The minimum atomic E-state index is -0.0290. The van der Waals surface area contributed by atoms with Gasteiger partial charge in [0.2, 0.25) is 5.91 Å². The van der Waals surface area contributed by atoms with E-state index in [-0.39, 0.29) is 24.4 Å². The quantitative estimate of drug-likeness (QED) is 0.851. The molecule has 4 nitrogen and oxygen atoms in total. The van der Waals surface area contributed by atoms with Crippen molar-refractivity contribution in [1.82, 2.24) is 15.6 Å². The third kappa shape index (κ3) is 3.64. The van der Waals surface area contributed by atoms with Gasteiger partial charge in [0, 0.05) is 17.0 Å². The van der Waals surface area contributed by atoms with Gasteiger partial charge in [0.25, 0.3) is 0 Å². The predicted molar refractivity (Wildman–Crippen MR) is 65.5 cm³/mol. The number of nitrogens with one attached hydrogen (secondary N) is 2. The van der Waals surface area contributed by atoms with E-state index in [9.17, 15) is 4.79 Å². The standard InChI is InChI=1S/C8H11N3OS2.ClH/c12-8(7-3-14-5-11-7)9-1-6-2-13-4-10-6;/h2,4,7,11H,1,3,5H2,(H,9,12);1H. The van der Waals surface area contributed by atoms with E-state index in [1.54, 1.807) is 28.6 Å². The van der Waals surface area contributed by atoms with Crippen LogP contribution in [0.1, 0.15) is 5.69 Å². The molecule has 0 aliphatic carbocycles. The van der Waals surface area contributed by atoms with Gasteiger partial charge in [-0.1, -0.05) is 0 Å². The lowest BCUT2D eigenvalue weighted by Crippen LogP contribution is -2.41. The van der Waals surface area contributed by atoms with Gasteiger partial charge in [0.15, 0.2) is 0 Å².